The molecule has 0 spiro atoms. The number of thioether (sulfide) groups is 2. The van der Waals surface area contributed by atoms with Crippen molar-refractivity contribution in [3.05, 3.63) is 0 Å². The van der Waals surface area contributed by atoms with E-state index in [4.69, 9.17) is 0 Å². The van der Waals surface area contributed by atoms with E-state index >= 15 is 0 Å². The van der Waals surface area contributed by atoms with Crippen LogP contribution in [0.4, 0.5) is 0 Å². The summed E-state index contributed by atoms with van der Waals surface area (Å²) in [5.41, 5.74) is 0. The van der Waals surface area contributed by atoms with E-state index < -0.39 is 0 Å². The zero-order chi connectivity index (χ0) is 12.6. The average molecular weight is 277 g/mol. The maximum atomic E-state index is 2.28. The second-order valence-corrected chi connectivity index (χ2v) is 7.15. The van der Waals surface area contributed by atoms with E-state index in [9.17, 15) is 0 Å². The van der Waals surface area contributed by atoms with E-state index in [1.807, 2.05) is 0 Å². The first-order valence-electron chi connectivity index (χ1n) is 7.57. The predicted molar refractivity (Wildman–Crippen MR) is 87.6 cm³/mol. The molecule has 0 aliphatic carbocycles. The summed E-state index contributed by atoms with van der Waals surface area (Å²) in [6.07, 6.45) is 12.7. The largest absolute Gasteiger partial charge is 0.162 e. The lowest BCUT2D eigenvalue weighted by Crippen LogP contribution is -1.88. The van der Waals surface area contributed by atoms with Crippen LogP contribution in [-0.2, 0) is 0 Å². The van der Waals surface area contributed by atoms with Crippen LogP contribution in [0.3, 0.4) is 0 Å². The van der Waals surface area contributed by atoms with Crippen molar-refractivity contribution in [2.75, 3.05) is 23.0 Å². The van der Waals surface area contributed by atoms with Gasteiger partial charge in [0.1, 0.15) is 0 Å². The Morgan fingerprint density at radius 2 is 0.824 bits per heavy atom. The fraction of sp³-hybridized carbons (Fsp3) is 1.00. The molecule has 0 rings (SSSR count). The molecule has 0 aromatic rings. The van der Waals surface area contributed by atoms with Crippen LogP contribution in [0, 0.1) is 0 Å². The predicted octanol–water partition coefficient (Wildman–Crippen LogP) is 6.00. The lowest BCUT2D eigenvalue weighted by molar-refractivity contribution is 0.767. The van der Waals surface area contributed by atoms with Gasteiger partial charge in [-0.2, -0.15) is 23.5 Å². The molecule has 0 aliphatic heterocycles. The first kappa shape index (κ1) is 17.7. The molecule has 0 saturated heterocycles. The molecule has 0 heterocycles. The number of rotatable bonds is 14. The van der Waals surface area contributed by atoms with Crippen molar-refractivity contribution >= 4 is 23.5 Å². The Labute approximate surface area is 118 Å². The van der Waals surface area contributed by atoms with Gasteiger partial charge in [0.25, 0.3) is 0 Å². The molecule has 0 aromatic carbocycles. The molecule has 0 unspecified atom stereocenters. The van der Waals surface area contributed by atoms with Crippen LogP contribution in [0.2, 0.25) is 0 Å². The first-order chi connectivity index (χ1) is 8.41. The van der Waals surface area contributed by atoms with Crippen LogP contribution in [0.25, 0.3) is 0 Å². The summed E-state index contributed by atoms with van der Waals surface area (Å²) in [7, 11) is 0. The van der Waals surface area contributed by atoms with Gasteiger partial charge < -0.3 is 0 Å². The van der Waals surface area contributed by atoms with Crippen molar-refractivity contribution in [1.82, 2.24) is 0 Å². The Morgan fingerprint density at radius 1 is 0.471 bits per heavy atom. The highest BCUT2D eigenvalue weighted by molar-refractivity contribution is 7.99. The summed E-state index contributed by atoms with van der Waals surface area (Å²) in [5.74, 6) is 5.56. The summed E-state index contributed by atoms with van der Waals surface area (Å²) >= 11 is 4.32. The van der Waals surface area contributed by atoms with Crippen molar-refractivity contribution in [1.29, 1.82) is 0 Å². The summed E-state index contributed by atoms with van der Waals surface area (Å²) in [6, 6.07) is 0. The Bertz CT molecular complexity index is 112. The lowest BCUT2D eigenvalue weighted by atomic mass is 10.3. The summed E-state index contributed by atoms with van der Waals surface area (Å²) in [6.45, 7) is 4.56. The van der Waals surface area contributed by atoms with Crippen molar-refractivity contribution in [3.8, 4) is 0 Å². The van der Waals surface area contributed by atoms with Gasteiger partial charge >= 0.3 is 0 Å². The molecule has 0 nitrogen and oxygen atoms in total. The second-order valence-electron chi connectivity index (χ2n) is 4.70. The Morgan fingerprint density at radius 3 is 1.18 bits per heavy atom. The average Bonchev–Trinajstić information content (AvgIpc) is 2.35. The molecule has 17 heavy (non-hydrogen) atoms. The molecule has 2 heteroatoms. The smallest absolute Gasteiger partial charge is 0.00675 e. The maximum Gasteiger partial charge on any atom is -0.00675 e. The number of hydrogen-bond acceptors (Lipinski definition) is 2. The topological polar surface area (TPSA) is 0 Å². The minimum absolute atomic E-state index is 1.36. The maximum absolute atomic E-state index is 2.28. The van der Waals surface area contributed by atoms with E-state index in [0.29, 0.717) is 0 Å². The molecule has 104 valence electrons. The summed E-state index contributed by atoms with van der Waals surface area (Å²) in [4.78, 5) is 0. The third-order valence-electron chi connectivity index (χ3n) is 2.86. The molecule has 0 radical (unpaired) electrons. The minimum atomic E-state index is 1.36. The fourth-order valence-corrected chi connectivity index (χ4v) is 3.74. The molecule has 0 amide bonds. The van der Waals surface area contributed by atoms with Gasteiger partial charge in [0.15, 0.2) is 0 Å². The van der Waals surface area contributed by atoms with Crippen LogP contribution >= 0.6 is 23.5 Å². The number of unbranched alkanes of at least 4 members (excludes halogenated alkanes) is 6. The third-order valence-corrected chi connectivity index (χ3v) is 5.17. The molecule has 0 aromatic heterocycles. The highest BCUT2D eigenvalue weighted by Crippen LogP contribution is 2.12. The fourth-order valence-electron chi connectivity index (χ4n) is 1.70. The van der Waals surface area contributed by atoms with Gasteiger partial charge in [0.2, 0.25) is 0 Å². The van der Waals surface area contributed by atoms with Crippen molar-refractivity contribution < 1.29 is 0 Å². The second kappa shape index (κ2) is 16.7. The van der Waals surface area contributed by atoms with Crippen LogP contribution in [0.15, 0.2) is 0 Å². The Kier molecular flexibility index (Phi) is 17.4. The molecule has 0 atom stereocenters. The summed E-state index contributed by atoms with van der Waals surface area (Å²) in [5, 5.41) is 0. The monoisotopic (exact) mass is 276 g/mol. The zero-order valence-electron chi connectivity index (χ0n) is 12.0. The molecular weight excluding hydrogens is 244 g/mol. The molecule has 0 N–H and O–H groups in total. The highest BCUT2D eigenvalue weighted by Gasteiger charge is 1.93. The van der Waals surface area contributed by atoms with Gasteiger partial charge in [-0.25, -0.2) is 0 Å². The quantitative estimate of drug-likeness (QED) is 0.357. The van der Waals surface area contributed by atoms with Crippen LogP contribution in [-0.4, -0.2) is 23.0 Å². The molecular formula is C15H32S2. The SMILES string of the molecule is CCCCCSCCCCCSCCCCC. The molecule has 0 fully saturated rings. The Hall–Kier alpha value is 0.700. The van der Waals surface area contributed by atoms with Crippen LogP contribution in [0.5, 0.6) is 0 Å². The summed E-state index contributed by atoms with van der Waals surface area (Å²) < 4.78 is 0. The molecule has 0 bridgehead atoms. The highest BCUT2D eigenvalue weighted by atomic mass is 32.2. The normalized spacial score (nSPS) is 10.9. The number of hydrogen-bond donors (Lipinski definition) is 0. The van der Waals surface area contributed by atoms with Gasteiger partial charge in [0.05, 0.1) is 0 Å². The molecule has 0 aliphatic rings. The van der Waals surface area contributed by atoms with E-state index in [0.717, 1.165) is 0 Å². The van der Waals surface area contributed by atoms with E-state index in [2.05, 4.69) is 37.4 Å². The first-order valence-corrected chi connectivity index (χ1v) is 9.88. The van der Waals surface area contributed by atoms with Crippen molar-refractivity contribution in [2.24, 2.45) is 0 Å². The van der Waals surface area contributed by atoms with Crippen LogP contribution < -0.4 is 0 Å². The standard InChI is InChI=1S/C15H32S2/c1-3-5-8-12-16-14-10-7-11-15-17-13-9-6-4-2/h3-15H2,1-2H3. The van der Waals surface area contributed by atoms with Crippen molar-refractivity contribution in [2.45, 2.75) is 71.6 Å². The Balaban J connectivity index is 2.85. The van der Waals surface area contributed by atoms with Gasteiger partial charge in [-0.3, -0.25) is 0 Å². The minimum Gasteiger partial charge on any atom is -0.162 e. The van der Waals surface area contributed by atoms with Crippen molar-refractivity contribution in [3.63, 3.8) is 0 Å². The van der Waals surface area contributed by atoms with E-state index in [1.54, 1.807) is 0 Å². The third kappa shape index (κ3) is 16.7. The molecule has 0 saturated carbocycles. The van der Waals surface area contributed by atoms with Gasteiger partial charge in [0, 0.05) is 0 Å². The van der Waals surface area contributed by atoms with Crippen LogP contribution in [0.1, 0.15) is 71.6 Å². The van der Waals surface area contributed by atoms with Gasteiger partial charge in [-0.1, -0.05) is 46.0 Å². The van der Waals surface area contributed by atoms with E-state index in [-0.39, 0.29) is 0 Å². The lowest BCUT2D eigenvalue weighted by Gasteiger charge is -2.02. The van der Waals surface area contributed by atoms with E-state index in [1.165, 1.54) is 80.8 Å². The zero-order valence-corrected chi connectivity index (χ0v) is 13.6. The van der Waals surface area contributed by atoms with Gasteiger partial charge in [-0.15, -0.1) is 0 Å². The van der Waals surface area contributed by atoms with Gasteiger partial charge in [-0.05, 0) is 48.7 Å².